The first-order chi connectivity index (χ1) is 20.1. The molecular formula is C36H37NO5. The highest BCUT2D eigenvalue weighted by atomic mass is 16.6. The highest BCUT2D eigenvalue weighted by Gasteiger charge is 2.39. The van der Waals surface area contributed by atoms with Crippen LogP contribution in [0.25, 0.3) is 0 Å². The Hall–Kier alpha value is -4.71. The molecule has 216 valence electrons. The smallest absolute Gasteiger partial charge is 0.338 e. The molecule has 42 heavy (non-hydrogen) atoms. The van der Waals surface area contributed by atoms with Crippen LogP contribution in [0.5, 0.6) is 0 Å². The summed E-state index contributed by atoms with van der Waals surface area (Å²) in [4.78, 5) is 39.2. The van der Waals surface area contributed by atoms with Crippen LogP contribution in [0.3, 0.4) is 0 Å². The van der Waals surface area contributed by atoms with Gasteiger partial charge in [-0.2, -0.15) is 0 Å². The van der Waals surface area contributed by atoms with Crippen molar-refractivity contribution in [3.63, 3.8) is 0 Å². The molecule has 6 nitrogen and oxygen atoms in total. The quantitative estimate of drug-likeness (QED) is 0.182. The fourth-order valence-corrected chi connectivity index (χ4v) is 5.15. The van der Waals surface area contributed by atoms with E-state index < -0.39 is 29.0 Å². The van der Waals surface area contributed by atoms with Crippen molar-refractivity contribution >= 4 is 17.8 Å². The van der Waals surface area contributed by atoms with Gasteiger partial charge in [-0.1, -0.05) is 103 Å². The number of hydrogen-bond acceptors (Lipinski definition) is 5. The van der Waals surface area contributed by atoms with Gasteiger partial charge >= 0.3 is 11.9 Å². The lowest BCUT2D eigenvalue weighted by Crippen LogP contribution is -2.46. The van der Waals surface area contributed by atoms with Crippen molar-refractivity contribution in [3.05, 3.63) is 143 Å². The van der Waals surface area contributed by atoms with E-state index in [-0.39, 0.29) is 18.7 Å². The van der Waals surface area contributed by atoms with Crippen LogP contribution in [-0.2, 0) is 30.9 Å². The van der Waals surface area contributed by atoms with E-state index in [0.717, 1.165) is 22.3 Å². The van der Waals surface area contributed by atoms with E-state index in [1.54, 1.807) is 24.3 Å². The van der Waals surface area contributed by atoms with Crippen molar-refractivity contribution in [2.75, 3.05) is 7.11 Å². The number of methoxy groups -OCH3 is 1. The summed E-state index contributed by atoms with van der Waals surface area (Å²) in [5, 5.41) is 2.94. The zero-order valence-corrected chi connectivity index (χ0v) is 24.5. The molecule has 1 atom stereocenters. The predicted molar refractivity (Wildman–Crippen MR) is 163 cm³/mol. The maximum atomic E-state index is 13.9. The van der Waals surface area contributed by atoms with Crippen molar-refractivity contribution in [3.8, 4) is 0 Å². The summed E-state index contributed by atoms with van der Waals surface area (Å²) in [5.41, 5.74) is 2.65. The van der Waals surface area contributed by atoms with Gasteiger partial charge in [0.05, 0.1) is 18.1 Å². The summed E-state index contributed by atoms with van der Waals surface area (Å²) in [7, 11) is 1.30. The topological polar surface area (TPSA) is 81.7 Å². The average molecular weight is 564 g/mol. The van der Waals surface area contributed by atoms with Crippen LogP contribution >= 0.6 is 0 Å². The number of carbonyl (C=O) groups excluding carboxylic acids is 3. The second kappa shape index (κ2) is 13.3. The number of hydrogen-bond donors (Lipinski definition) is 1. The van der Waals surface area contributed by atoms with Gasteiger partial charge in [0.15, 0.2) is 0 Å². The maximum Gasteiger partial charge on any atom is 0.338 e. The molecule has 0 aromatic heterocycles. The Labute approximate surface area is 247 Å². The number of nitrogens with one attached hydrogen (secondary N) is 1. The molecule has 0 unspecified atom stereocenters. The summed E-state index contributed by atoms with van der Waals surface area (Å²) >= 11 is 0. The van der Waals surface area contributed by atoms with Gasteiger partial charge in [0, 0.05) is 12.8 Å². The summed E-state index contributed by atoms with van der Waals surface area (Å²) in [6.07, 6.45) is 0.262. The van der Waals surface area contributed by atoms with Crippen molar-refractivity contribution in [1.82, 2.24) is 5.32 Å². The molecule has 0 saturated carbocycles. The first-order valence-electron chi connectivity index (χ1n) is 14.0. The van der Waals surface area contributed by atoms with Crippen molar-refractivity contribution in [2.24, 2.45) is 0 Å². The van der Waals surface area contributed by atoms with E-state index >= 15 is 0 Å². The molecule has 0 heterocycles. The highest BCUT2D eigenvalue weighted by Crippen LogP contribution is 2.42. The Bertz CT molecular complexity index is 1380. The minimum atomic E-state index is -0.921. The van der Waals surface area contributed by atoms with Gasteiger partial charge in [0.25, 0.3) is 0 Å². The lowest BCUT2D eigenvalue weighted by Gasteiger charge is -2.36. The number of esters is 2. The SMILES string of the molecule is COC(=O)[C@@H](Cc1ccc(C(=O)OC(C)(C)C)cc1)NC(=O)CC(c1ccccc1)(c1ccccc1)c1ccccc1. The van der Waals surface area contributed by atoms with Crippen LogP contribution in [0.4, 0.5) is 0 Å². The van der Waals surface area contributed by atoms with Gasteiger partial charge in [0.1, 0.15) is 11.6 Å². The van der Waals surface area contributed by atoms with Crippen molar-refractivity contribution in [1.29, 1.82) is 0 Å². The highest BCUT2D eigenvalue weighted by molar-refractivity contribution is 5.90. The minimum absolute atomic E-state index is 0.0656. The van der Waals surface area contributed by atoms with Crippen LogP contribution in [0.15, 0.2) is 115 Å². The van der Waals surface area contributed by atoms with E-state index in [1.807, 2.05) is 112 Å². The molecule has 6 heteroatoms. The summed E-state index contributed by atoms with van der Waals surface area (Å²) in [5.74, 6) is -1.28. The summed E-state index contributed by atoms with van der Waals surface area (Å²) in [6, 6.07) is 35.7. The molecule has 0 aliphatic heterocycles. The number of ether oxygens (including phenoxy) is 2. The zero-order valence-electron chi connectivity index (χ0n) is 24.5. The van der Waals surface area contributed by atoms with Crippen molar-refractivity contribution < 1.29 is 23.9 Å². The van der Waals surface area contributed by atoms with Gasteiger partial charge in [-0.05, 0) is 55.2 Å². The van der Waals surface area contributed by atoms with Gasteiger partial charge < -0.3 is 14.8 Å². The molecule has 0 radical (unpaired) electrons. The molecule has 0 fully saturated rings. The second-order valence-electron chi connectivity index (χ2n) is 11.2. The van der Waals surface area contributed by atoms with Gasteiger partial charge in [-0.25, -0.2) is 9.59 Å². The molecule has 4 aromatic carbocycles. The normalized spacial score (nSPS) is 12.2. The third kappa shape index (κ3) is 7.32. The Morgan fingerprint density at radius 2 is 1.14 bits per heavy atom. The number of benzene rings is 4. The van der Waals surface area contributed by atoms with E-state index in [9.17, 15) is 14.4 Å². The molecule has 0 saturated heterocycles. The Kier molecular flexibility index (Phi) is 9.58. The van der Waals surface area contributed by atoms with Crippen molar-refractivity contribution in [2.45, 2.75) is 50.7 Å². The monoisotopic (exact) mass is 563 g/mol. The molecule has 1 amide bonds. The van der Waals surface area contributed by atoms with Gasteiger partial charge in [0.2, 0.25) is 5.91 Å². The third-order valence-corrected chi connectivity index (χ3v) is 7.07. The van der Waals surface area contributed by atoms with E-state index in [2.05, 4.69) is 5.32 Å². The van der Waals surface area contributed by atoms with Crippen LogP contribution in [0.2, 0.25) is 0 Å². The second-order valence-corrected chi connectivity index (χ2v) is 11.2. The maximum absolute atomic E-state index is 13.9. The summed E-state index contributed by atoms with van der Waals surface area (Å²) < 4.78 is 10.5. The Morgan fingerprint density at radius 1 is 0.690 bits per heavy atom. The molecule has 0 aliphatic carbocycles. The molecule has 0 aliphatic rings. The minimum Gasteiger partial charge on any atom is -0.467 e. The number of amides is 1. The lowest BCUT2D eigenvalue weighted by atomic mass is 9.67. The van der Waals surface area contributed by atoms with E-state index in [0.29, 0.717) is 5.56 Å². The van der Waals surface area contributed by atoms with Gasteiger partial charge in [-0.15, -0.1) is 0 Å². The number of rotatable bonds is 10. The lowest BCUT2D eigenvalue weighted by molar-refractivity contribution is -0.145. The van der Waals surface area contributed by atoms with Crippen LogP contribution in [0.1, 0.15) is 59.8 Å². The molecule has 0 spiro atoms. The zero-order chi connectivity index (χ0) is 30.2. The molecule has 0 bridgehead atoms. The Morgan fingerprint density at radius 3 is 1.55 bits per heavy atom. The standard InChI is InChI=1S/C36H37NO5/c1-35(2,3)42-33(39)27-22-20-26(21-23-27)24-31(34(40)41-4)37-32(38)25-36(28-14-8-5-9-15-28,29-16-10-6-11-17-29)30-18-12-7-13-19-30/h5-23,31H,24-25H2,1-4H3,(H,37,38)/t31-/m1/s1. The molecule has 4 rings (SSSR count). The summed E-state index contributed by atoms with van der Waals surface area (Å²) in [6.45, 7) is 5.43. The van der Waals surface area contributed by atoms with Crippen LogP contribution in [-0.4, -0.2) is 36.6 Å². The fourth-order valence-electron chi connectivity index (χ4n) is 5.15. The fraction of sp³-hybridized carbons (Fsp3) is 0.250. The van der Waals surface area contributed by atoms with Crippen LogP contribution in [0, 0.1) is 0 Å². The van der Waals surface area contributed by atoms with E-state index in [4.69, 9.17) is 9.47 Å². The Balaban J connectivity index is 1.63. The molecular weight excluding hydrogens is 526 g/mol. The predicted octanol–water partition coefficient (Wildman–Crippen LogP) is 6.27. The third-order valence-electron chi connectivity index (χ3n) is 7.07. The number of carbonyl (C=O) groups is 3. The van der Waals surface area contributed by atoms with Crippen LogP contribution < -0.4 is 5.32 Å². The largest absolute Gasteiger partial charge is 0.467 e. The van der Waals surface area contributed by atoms with Gasteiger partial charge in [-0.3, -0.25) is 4.79 Å². The molecule has 4 aromatic rings. The first kappa shape index (κ1) is 30.3. The first-order valence-corrected chi connectivity index (χ1v) is 14.0. The molecule has 1 N–H and O–H groups in total. The van der Waals surface area contributed by atoms with E-state index in [1.165, 1.54) is 7.11 Å². The average Bonchev–Trinajstić information content (AvgIpc) is 3.00.